The third-order valence-electron chi connectivity index (χ3n) is 4.53. The van der Waals surface area contributed by atoms with Gasteiger partial charge in [0, 0.05) is 5.56 Å². The molecule has 27 heavy (non-hydrogen) atoms. The molecule has 0 saturated carbocycles. The minimum atomic E-state index is -0.190. The van der Waals surface area contributed by atoms with Gasteiger partial charge in [-0.05, 0) is 66.3 Å². The molecule has 0 amide bonds. The van der Waals surface area contributed by atoms with Gasteiger partial charge in [0.05, 0.1) is 13.7 Å². The third kappa shape index (κ3) is 5.10. The van der Waals surface area contributed by atoms with Crippen LogP contribution in [0.3, 0.4) is 0 Å². The van der Waals surface area contributed by atoms with Crippen molar-refractivity contribution in [3.63, 3.8) is 0 Å². The Bertz CT molecular complexity index is 855. The quantitative estimate of drug-likeness (QED) is 0.482. The SMILES string of the molecule is CCCOc1ccc(-c2ccc(CCc3ccc(OC)cc3)cc2F)cc1. The lowest BCUT2D eigenvalue weighted by Gasteiger charge is -2.09. The molecule has 3 aromatic rings. The van der Waals surface area contributed by atoms with Crippen molar-refractivity contribution >= 4 is 0 Å². The van der Waals surface area contributed by atoms with E-state index < -0.39 is 0 Å². The molecule has 2 nitrogen and oxygen atoms in total. The molecule has 0 bridgehead atoms. The van der Waals surface area contributed by atoms with Gasteiger partial charge in [-0.1, -0.05) is 43.3 Å². The van der Waals surface area contributed by atoms with Crippen LogP contribution in [0.15, 0.2) is 66.7 Å². The molecule has 0 aliphatic rings. The van der Waals surface area contributed by atoms with E-state index in [1.165, 1.54) is 5.56 Å². The van der Waals surface area contributed by atoms with E-state index in [9.17, 15) is 4.39 Å². The first kappa shape index (κ1) is 19.0. The zero-order valence-corrected chi connectivity index (χ0v) is 15.9. The Labute approximate surface area is 160 Å². The maximum Gasteiger partial charge on any atom is 0.131 e. The first-order chi connectivity index (χ1) is 13.2. The van der Waals surface area contributed by atoms with E-state index in [-0.39, 0.29) is 5.82 Å². The van der Waals surface area contributed by atoms with Crippen LogP contribution in [0.4, 0.5) is 4.39 Å². The summed E-state index contributed by atoms with van der Waals surface area (Å²) in [5.41, 5.74) is 3.68. The van der Waals surface area contributed by atoms with Crippen molar-refractivity contribution in [3.8, 4) is 22.6 Å². The van der Waals surface area contributed by atoms with Gasteiger partial charge in [0.2, 0.25) is 0 Å². The molecule has 0 fully saturated rings. The van der Waals surface area contributed by atoms with Crippen molar-refractivity contribution < 1.29 is 13.9 Å². The molecular formula is C24H25FO2. The number of methoxy groups -OCH3 is 1. The van der Waals surface area contributed by atoms with E-state index >= 15 is 0 Å². The fourth-order valence-electron chi connectivity index (χ4n) is 2.98. The molecule has 3 aromatic carbocycles. The molecular weight excluding hydrogens is 339 g/mol. The monoisotopic (exact) mass is 364 g/mol. The zero-order valence-electron chi connectivity index (χ0n) is 15.9. The molecule has 0 atom stereocenters. The normalized spacial score (nSPS) is 10.6. The van der Waals surface area contributed by atoms with Crippen LogP contribution in [0, 0.1) is 5.82 Å². The van der Waals surface area contributed by atoms with E-state index in [1.807, 2.05) is 60.7 Å². The summed E-state index contributed by atoms with van der Waals surface area (Å²) in [5.74, 6) is 1.47. The van der Waals surface area contributed by atoms with Crippen LogP contribution in [0.5, 0.6) is 11.5 Å². The topological polar surface area (TPSA) is 18.5 Å². The van der Waals surface area contributed by atoms with Crippen molar-refractivity contribution in [3.05, 3.63) is 83.7 Å². The number of ether oxygens (including phenoxy) is 2. The van der Waals surface area contributed by atoms with Gasteiger partial charge in [-0.2, -0.15) is 0 Å². The summed E-state index contributed by atoms with van der Waals surface area (Å²) < 4.78 is 25.4. The number of hydrogen-bond donors (Lipinski definition) is 0. The van der Waals surface area contributed by atoms with Gasteiger partial charge in [-0.15, -0.1) is 0 Å². The lowest BCUT2D eigenvalue weighted by atomic mass is 9.99. The Hall–Kier alpha value is -2.81. The van der Waals surface area contributed by atoms with E-state index in [0.717, 1.165) is 41.9 Å². The number of halogens is 1. The Morgan fingerprint density at radius 3 is 2.04 bits per heavy atom. The summed E-state index contributed by atoms with van der Waals surface area (Å²) in [7, 11) is 1.66. The molecule has 0 spiro atoms. The minimum Gasteiger partial charge on any atom is -0.497 e. The lowest BCUT2D eigenvalue weighted by molar-refractivity contribution is 0.317. The number of aryl methyl sites for hydroxylation is 2. The summed E-state index contributed by atoms with van der Waals surface area (Å²) in [5, 5.41) is 0. The Morgan fingerprint density at radius 1 is 0.778 bits per heavy atom. The van der Waals surface area contributed by atoms with Crippen LogP contribution >= 0.6 is 0 Å². The number of benzene rings is 3. The van der Waals surface area contributed by atoms with Crippen molar-refractivity contribution in [1.29, 1.82) is 0 Å². The van der Waals surface area contributed by atoms with Gasteiger partial charge in [-0.3, -0.25) is 0 Å². The molecule has 0 unspecified atom stereocenters. The zero-order chi connectivity index (χ0) is 19.1. The third-order valence-corrected chi connectivity index (χ3v) is 4.53. The van der Waals surface area contributed by atoms with Crippen LogP contribution < -0.4 is 9.47 Å². The highest BCUT2D eigenvalue weighted by atomic mass is 19.1. The predicted octanol–water partition coefficient (Wildman–Crippen LogP) is 6.08. The van der Waals surface area contributed by atoms with Gasteiger partial charge in [0.15, 0.2) is 0 Å². The van der Waals surface area contributed by atoms with Crippen LogP contribution in [0.1, 0.15) is 24.5 Å². The van der Waals surface area contributed by atoms with Crippen LogP contribution in [-0.4, -0.2) is 13.7 Å². The van der Waals surface area contributed by atoms with Crippen molar-refractivity contribution in [2.45, 2.75) is 26.2 Å². The van der Waals surface area contributed by atoms with Crippen molar-refractivity contribution in [2.75, 3.05) is 13.7 Å². The average Bonchev–Trinajstić information content (AvgIpc) is 2.71. The summed E-state index contributed by atoms with van der Waals surface area (Å²) in [6.07, 6.45) is 2.63. The highest BCUT2D eigenvalue weighted by Crippen LogP contribution is 2.26. The second-order valence-electron chi connectivity index (χ2n) is 6.54. The summed E-state index contributed by atoms with van der Waals surface area (Å²) in [4.78, 5) is 0. The molecule has 3 heteroatoms. The van der Waals surface area contributed by atoms with Gasteiger partial charge in [0.25, 0.3) is 0 Å². The maximum absolute atomic E-state index is 14.6. The largest absolute Gasteiger partial charge is 0.497 e. The standard InChI is InChI=1S/C24H25FO2/c1-3-16-27-22-13-9-20(10-14-22)23-15-8-19(17-24(23)25)5-4-18-6-11-21(26-2)12-7-18/h6-15,17H,3-5,16H2,1-2H3. The van der Waals surface area contributed by atoms with E-state index in [1.54, 1.807) is 13.2 Å². The first-order valence-electron chi connectivity index (χ1n) is 9.34. The smallest absolute Gasteiger partial charge is 0.131 e. The summed E-state index contributed by atoms with van der Waals surface area (Å²) >= 11 is 0. The molecule has 3 rings (SSSR count). The van der Waals surface area contributed by atoms with Crippen LogP contribution in [0.2, 0.25) is 0 Å². The molecule has 0 N–H and O–H groups in total. The molecule has 0 radical (unpaired) electrons. The molecule has 0 aliphatic heterocycles. The Balaban J connectivity index is 1.65. The lowest BCUT2D eigenvalue weighted by Crippen LogP contribution is -1.95. The molecule has 0 saturated heterocycles. The highest BCUT2D eigenvalue weighted by Gasteiger charge is 2.07. The van der Waals surface area contributed by atoms with Gasteiger partial charge in [0.1, 0.15) is 17.3 Å². The van der Waals surface area contributed by atoms with Gasteiger partial charge >= 0.3 is 0 Å². The van der Waals surface area contributed by atoms with Crippen LogP contribution in [0.25, 0.3) is 11.1 Å². The second-order valence-corrected chi connectivity index (χ2v) is 6.54. The molecule has 0 heterocycles. The minimum absolute atomic E-state index is 0.190. The summed E-state index contributed by atoms with van der Waals surface area (Å²) in [6, 6.07) is 21.1. The predicted molar refractivity (Wildman–Crippen MR) is 108 cm³/mol. The Morgan fingerprint density at radius 2 is 1.41 bits per heavy atom. The van der Waals surface area contributed by atoms with E-state index in [2.05, 4.69) is 6.92 Å². The first-order valence-corrected chi connectivity index (χ1v) is 9.34. The molecule has 0 aromatic heterocycles. The Kier molecular flexibility index (Phi) is 6.48. The average molecular weight is 364 g/mol. The fraction of sp³-hybridized carbons (Fsp3) is 0.250. The molecule has 0 aliphatic carbocycles. The van der Waals surface area contributed by atoms with Crippen molar-refractivity contribution in [1.82, 2.24) is 0 Å². The van der Waals surface area contributed by atoms with E-state index in [0.29, 0.717) is 12.2 Å². The van der Waals surface area contributed by atoms with Gasteiger partial charge < -0.3 is 9.47 Å². The van der Waals surface area contributed by atoms with E-state index in [4.69, 9.17) is 9.47 Å². The number of rotatable bonds is 8. The second kappa shape index (κ2) is 9.22. The van der Waals surface area contributed by atoms with Crippen LogP contribution in [-0.2, 0) is 12.8 Å². The van der Waals surface area contributed by atoms with Gasteiger partial charge in [-0.25, -0.2) is 4.39 Å². The highest BCUT2D eigenvalue weighted by molar-refractivity contribution is 5.65. The fourth-order valence-corrected chi connectivity index (χ4v) is 2.98. The molecule has 140 valence electrons. The maximum atomic E-state index is 14.6. The summed E-state index contributed by atoms with van der Waals surface area (Å²) in [6.45, 7) is 2.76. The van der Waals surface area contributed by atoms with Crippen molar-refractivity contribution in [2.24, 2.45) is 0 Å². The number of hydrogen-bond acceptors (Lipinski definition) is 2.